The third-order valence-electron chi connectivity index (χ3n) is 1.44. The summed E-state index contributed by atoms with van der Waals surface area (Å²) in [7, 11) is 0. The van der Waals surface area contributed by atoms with Gasteiger partial charge in [-0.15, -0.1) is 0 Å². The summed E-state index contributed by atoms with van der Waals surface area (Å²) in [5.41, 5.74) is 0. The van der Waals surface area contributed by atoms with E-state index in [2.05, 4.69) is 17.9 Å². The van der Waals surface area contributed by atoms with Crippen LogP contribution >= 0.6 is 12.6 Å². The van der Waals surface area contributed by atoms with Crippen molar-refractivity contribution in [2.24, 2.45) is 0 Å². The molecule has 0 saturated carbocycles. The number of hydrogen-bond acceptors (Lipinski definition) is 4. The zero-order chi connectivity index (χ0) is 7.40. The maximum atomic E-state index is 10.9. The zero-order valence-electron chi connectivity index (χ0n) is 5.67. The maximum Gasteiger partial charge on any atom is 0.323 e. The maximum absolute atomic E-state index is 10.9. The molecule has 0 amide bonds. The Morgan fingerprint density at radius 2 is 2.60 bits per heavy atom. The minimum atomic E-state index is -0.139. The van der Waals surface area contributed by atoms with Crippen LogP contribution in [-0.2, 0) is 9.53 Å². The SMILES string of the molecule is O=C1OCCNC1CCS. The number of hydrogen-bond donors (Lipinski definition) is 2. The first-order valence-electron chi connectivity index (χ1n) is 3.35. The molecule has 0 spiro atoms. The molecule has 1 fully saturated rings. The van der Waals surface area contributed by atoms with Crippen LogP contribution in [0.15, 0.2) is 0 Å². The first kappa shape index (κ1) is 7.88. The molecule has 1 unspecified atom stereocenters. The van der Waals surface area contributed by atoms with E-state index in [1.54, 1.807) is 0 Å². The third kappa shape index (κ3) is 1.88. The minimum Gasteiger partial charge on any atom is -0.463 e. The lowest BCUT2D eigenvalue weighted by atomic mass is 10.2. The number of carbonyl (C=O) groups is 1. The molecule has 0 aromatic rings. The molecule has 1 N–H and O–H groups in total. The first-order chi connectivity index (χ1) is 4.84. The van der Waals surface area contributed by atoms with Crippen LogP contribution in [0, 0.1) is 0 Å². The van der Waals surface area contributed by atoms with Crippen LogP contribution in [0.1, 0.15) is 6.42 Å². The Morgan fingerprint density at radius 3 is 3.20 bits per heavy atom. The van der Waals surface area contributed by atoms with Crippen LogP contribution in [0.25, 0.3) is 0 Å². The van der Waals surface area contributed by atoms with Crippen LogP contribution in [0.5, 0.6) is 0 Å². The molecule has 1 heterocycles. The van der Waals surface area contributed by atoms with Crippen molar-refractivity contribution in [3.05, 3.63) is 0 Å². The molecule has 1 atom stereocenters. The van der Waals surface area contributed by atoms with Gasteiger partial charge in [0.2, 0.25) is 0 Å². The molecule has 3 nitrogen and oxygen atoms in total. The molecule has 58 valence electrons. The van der Waals surface area contributed by atoms with E-state index in [1.165, 1.54) is 0 Å². The summed E-state index contributed by atoms with van der Waals surface area (Å²) in [4.78, 5) is 10.9. The van der Waals surface area contributed by atoms with Crippen LogP contribution in [-0.4, -0.2) is 30.9 Å². The van der Waals surface area contributed by atoms with Gasteiger partial charge >= 0.3 is 5.97 Å². The highest BCUT2D eigenvalue weighted by Gasteiger charge is 2.21. The van der Waals surface area contributed by atoms with Crippen molar-refractivity contribution in [2.75, 3.05) is 18.9 Å². The van der Waals surface area contributed by atoms with E-state index in [9.17, 15) is 4.79 Å². The molecule has 1 aliphatic rings. The Balaban J connectivity index is 2.32. The van der Waals surface area contributed by atoms with E-state index in [-0.39, 0.29) is 12.0 Å². The summed E-state index contributed by atoms with van der Waals surface area (Å²) >= 11 is 4.02. The van der Waals surface area contributed by atoms with Gasteiger partial charge in [-0.25, -0.2) is 0 Å². The average molecular weight is 161 g/mol. The van der Waals surface area contributed by atoms with Crippen molar-refractivity contribution in [1.29, 1.82) is 0 Å². The lowest BCUT2D eigenvalue weighted by Gasteiger charge is -2.21. The highest BCUT2D eigenvalue weighted by molar-refractivity contribution is 7.80. The summed E-state index contributed by atoms with van der Waals surface area (Å²) in [6, 6.07) is -0.119. The van der Waals surface area contributed by atoms with E-state index in [4.69, 9.17) is 4.74 Å². The van der Waals surface area contributed by atoms with Gasteiger partial charge in [0.15, 0.2) is 0 Å². The number of morpholine rings is 1. The molecule has 10 heavy (non-hydrogen) atoms. The molecule has 0 aliphatic carbocycles. The van der Waals surface area contributed by atoms with Gasteiger partial charge in [-0.2, -0.15) is 12.6 Å². The van der Waals surface area contributed by atoms with Crippen molar-refractivity contribution in [3.63, 3.8) is 0 Å². The summed E-state index contributed by atoms with van der Waals surface area (Å²) in [5.74, 6) is 0.576. The number of nitrogens with one attached hydrogen (secondary N) is 1. The Labute approximate surface area is 65.5 Å². The van der Waals surface area contributed by atoms with Gasteiger partial charge < -0.3 is 10.1 Å². The Bertz CT molecular complexity index is 127. The van der Waals surface area contributed by atoms with Crippen LogP contribution in [0.4, 0.5) is 0 Å². The monoisotopic (exact) mass is 161 g/mol. The van der Waals surface area contributed by atoms with Gasteiger partial charge in [-0.05, 0) is 12.2 Å². The molecule has 0 aromatic heterocycles. The molecule has 0 bridgehead atoms. The predicted octanol–water partition coefficient (Wildman–Crippen LogP) is -0.179. The fourth-order valence-corrected chi connectivity index (χ4v) is 1.18. The van der Waals surface area contributed by atoms with E-state index in [0.29, 0.717) is 12.4 Å². The third-order valence-corrected chi connectivity index (χ3v) is 1.70. The van der Waals surface area contributed by atoms with E-state index >= 15 is 0 Å². The summed E-state index contributed by atoms with van der Waals surface area (Å²) in [6.07, 6.45) is 0.752. The lowest BCUT2D eigenvalue weighted by molar-refractivity contribution is -0.149. The fourth-order valence-electron chi connectivity index (χ4n) is 0.918. The van der Waals surface area contributed by atoms with Gasteiger partial charge in [0, 0.05) is 6.54 Å². The van der Waals surface area contributed by atoms with Crippen molar-refractivity contribution >= 4 is 18.6 Å². The van der Waals surface area contributed by atoms with E-state index in [1.807, 2.05) is 0 Å². The smallest absolute Gasteiger partial charge is 0.323 e. The molecular formula is C6H11NO2S. The largest absolute Gasteiger partial charge is 0.463 e. The average Bonchev–Trinajstić information content (AvgIpc) is 1.94. The van der Waals surface area contributed by atoms with Gasteiger partial charge in [0.25, 0.3) is 0 Å². The van der Waals surface area contributed by atoms with Gasteiger partial charge in [-0.3, -0.25) is 4.79 Å². The van der Waals surface area contributed by atoms with Crippen molar-refractivity contribution < 1.29 is 9.53 Å². The number of ether oxygens (including phenoxy) is 1. The van der Waals surface area contributed by atoms with Gasteiger partial charge in [0.05, 0.1) is 0 Å². The zero-order valence-corrected chi connectivity index (χ0v) is 6.56. The van der Waals surface area contributed by atoms with Crippen molar-refractivity contribution in [1.82, 2.24) is 5.32 Å². The topological polar surface area (TPSA) is 38.3 Å². The molecule has 4 heteroatoms. The molecular weight excluding hydrogens is 150 g/mol. The predicted molar refractivity (Wildman–Crippen MR) is 41.2 cm³/mol. The van der Waals surface area contributed by atoms with Crippen molar-refractivity contribution in [2.45, 2.75) is 12.5 Å². The highest BCUT2D eigenvalue weighted by Crippen LogP contribution is 2.00. The standard InChI is InChI=1S/C6H11NO2S/c8-6-5(1-4-10)7-2-3-9-6/h5,7,10H,1-4H2. The second kappa shape index (κ2) is 3.83. The highest BCUT2D eigenvalue weighted by atomic mass is 32.1. The Hall–Kier alpha value is -0.220. The summed E-state index contributed by atoms with van der Waals surface area (Å²) < 4.78 is 4.81. The van der Waals surface area contributed by atoms with Crippen LogP contribution < -0.4 is 5.32 Å². The summed E-state index contributed by atoms with van der Waals surface area (Å²) in [6.45, 7) is 1.27. The molecule has 1 saturated heterocycles. The minimum absolute atomic E-state index is 0.119. The molecule has 1 aliphatic heterocycles. The lowest BCUT2D eigenvalue weighted by Crippen LogP contribution is -2.45. The first-order valence-corrected chi connectivity index (χ1v) is 3.98. The Morgan fingerprint density at radius 1 is 1.80 bits per heavy atom. The summed E-state index contributed by atoms with van der Waals surface area (Å²) in [5, 5.41) is 3.05. The molecule has 0 aromatic carbocycles. The van der Waals surface area contributed by atoms with Crippen molar-refractivity contribution in [3.8, 4) is 0 Å². The molecule has 0 radical (unpaired) electrons. The Kier molecular flexibility index (Phi) is 3.02. The van der Waals surface area contributed by atoms with Crippen LogP contribution in [0.3, 0.4) is 0 Å². The normalized spacial score (nSPS) is 26.1. The fraction of sp³-hybridized carbons (Fsp3) is 0.833. The van der Waals surface area contributed by atoms with Gasteiger partial charge in [-0.1, -0.05) is 0 Å². The number of esters is 1. The van der Waals surface area contributed by atoms with Crippen LogP contribution in [0.2, 0.25) is 0 Å². The molecule has 1 rings (SSSR count). The second-order valence-corrected chi connectivity index (χ2v) is 2.63. The quantitative estimate of drug-likeness (QED) is 0.436. The van der Waals surface area contributed by atoms with E-state index < -0.39 is 0 Å². The number of rotatable bonds is 2. The number of carbonyl (C=O) groups excluding carboxylic acids is 1. The number of thiol groups is 1. The van der Waals surface area contributed by atoms with E-state index in [0.717, 1.165) is 13.0 Å². The second-order valence-electron chi connectivity index (χ2n) is 2.19. The number of cyclic esters (lactones) is 1. The van der Waals surface area contributed by atoms with Gasteiger partial charge in [0.1, 0.15) is 12.6 Å².